The van der Waals surface area contributed by atoms with Gasteiger partial charge in [-0.05, 0) is 37.1 Å². The lowest BCUT2D eigenvalue weighted by molar-refractivity contribution is 0.415. The van der Waals surface area contributed by atoms with Crippen LogP contribution >= 0.6 is 0 Å². The van der Waals surface area contributed by atoms with E-state index in [1.807, 2.05) is 6.20 Å². The highest BCUT2D eigenvalue weighted by atomic mass is 19.1. The minimum absolute atomic E-state index is 0.306. The van der Waals surface area contributed by atoms with E-state index in [0.717, 1.165) is 41.8 Å². The zero-order valence-electron chi connectivity index (χ0n) is 14.9. The Bertz CT molecular complexity index is 1080. The maximum Gasteiger partial charge on any atom is 0.146 e. The molecule has 5 nitrogen and oxygen atoms in total. The Labute approximate surface area is 156 Å². The van der Waals surface area contributed by atoms with Crippen LogP contribution in [-0.2, 0) is 0 Å². The third-order valence-electron chi connectivity index (χ3n) is 5.41. The van der Waals surface area contributed by atoms with Crippen LogP contribution < -0.4 is 9.64 Å². The second-order valence-electron chi connectivity index (χ2n) is 6.86. The Morgan fingerprint density at radius 1 is 1.26 bits per heavy atom. The number of H-pyrrole nitrogens is 1. The molecule has 1 aliphatic carbocycles. The Hall–Kier alpha value is -3.15. The van der Waals surface area contributed by atoms with Gasteiger partial charge in [-0.2, -0.15) is 0 Å². The largest absolute Gasteiger partial charge is 0.496 e. The van der Waals surface area contributed by atoms with E-state index in [-0.39, 0.29) is 5.82 Å². The number of nitrogens with one attached hydrogen (secondary N) is 1. The molecular formula is C21H19FN4O. The number of fused-ring (bicyclic) bond motifs is 2. The summed E-state index contributed by atoms with van der Waals surface area (Å²) in [5, 5.41) is 0.887. The lowest BCUT2D eigenvalue weighted by Gasteiger charge is -2.23. The number of allylic oxidation sites excluding steroid dienone is 4. The number of rotatable bonds is 3. The van der Waals surface area contributed by atoms with Crippen molar-refractivity contribution in [3.8, 4) is 16.9 Å². The predicted molar refractivity (Wildman–Crippen MR) is 103 cm³/mol. The molecule has 27 heavy (non-hydrogen) atoms. The van der Waals surface area contributed by atoms with Crippen molar-refractivity contribution in [2.75, 3.05) is 18.6 Å². The fraction of sp³-hybridized carbons (Fsp3) is 0.238. The van der Waals surface area contributed by atoms with Crippen LogP contribution in [0.15, 0.2) is 54.6 Å². The average Bonchev–Trinajstić information content (AvgIpc) is 3.32. The Kier molecular flexibility index (Phi) is 3.70. The molecule has 1 atom stereocenters. The van der Waals surface area contributed by atoms with E-state index >= 15 is 0 Å². The van der Waals surface area contributed by atoms with Crippen LogP contribution in [0.5, 0.6) is 5.75 Å². The molecule has 6 heteroatoms. The highest BCUT2D eigenvalue weighted by Crippen LogP contribution is 2.42. The summed E-state index contributed by atoms with van der Waals surface area (Å²) in [6.45, 7) is 0.912. The molecule has 5 rings (SSSR count). The number of ether oxygens (including phenoxy) is 1. The monoisotopic (exact) mass is 362 g/mol. The molecule has 1 N–H and O–H groups in total. The molecule has 136 valence electrons. The molecule has 0 bridgehead atoms. The SMILES string of the molecule is COc1ccc(F)cc1-c1c[nH]c2ncnc(N3CCC4CC=CC=C43)c12. The summed E-state index contributed by atoms with van der Waals surface area (Å²) in [6.07, 6.45) is 12.1. The van der Waals surface area contributed by atoms with Gasteiger partial charge in [0, 0.05) is 35.5 Å². The van der Waals surface area contributed by atoms with Gasteiger partial charge in [0.25, 0.3) is 0 Å². The van der Waals surface area contributed by atoms with Gasteiger partial charge in [0.2, 0.25) is 0 Å². The first-order chi connectivity index (χ1) is 13.3. The van der Waals surface area contributed by atoms with Crippen LogP contribution in [0.4, 0.5) is 10.2 Å². The van der Waals surface area contributed by atoms with Crippen LogP contribution in [0.1, 0.15) is 12.8 Å². The van der Waals surface area contributed by atoms with Crippen molar-refractivity contribution in [2.45, 2.75) is 12.8 Å². The number of methoxy groups -OCH3 is 1. The molecule has 3 heterocycles. The number of hydrogen-bond donors (Lipinski definition) is 1. The minimum atomic E-state index is -0.306. The van der Waals surface area contributed by atoms with Gasteiger partial charge in [-0.25, -0.2) is 14.4 Å². The topological polar surface area (TPSA) is 54.0 Å². The molecule has 0 spiro atoms. The second-order valence-corrected chi connectivity index (χ2v) is 6.86. The summed E-state index contributed by atoms with van der Waals surface area (Å²) in [5.74, 6) is 1.70. The molecule has 1 fully saturated rings. The average molecular weight is 362 g/mol. The van der Waals surface area contributed by atoms with Crippen molar-refractivity contribution in [2.24, 2.45) is 5.92 Å². The summed E-state index contributed by atoms with van der Waals surface area (Å²) >= 11 is 0. The van der Waals surface area contributed by atoms with E-state index in [4.69, 9.17) is 4.74 Å². The Morgan fingerprint density at radius 3 is 3.07 bits per heavy atom. The summed E-state index contributed by atoms with van der Waals surface area (Å²) < 4.78 is 19.4. The van der Waals surface area contributed by atoms with E-state index < -0.39 is 0 Å². The second kappa shape index (κ2) is 6.23. The number of nitrogens with zero attached hydrogens (tertiary/aromatic N) is 3. The fourth-order valence-electron chi connectivity index (χ4n) is 4.14. The van der Waals surface area contributed by atoms with Crippen molar-refractivity contribution < 1.29 is 9.13 Å². The van der Waals surface area contributed by atoms with Crippen LogP contribution in [0, 0.1) is 11.7 Å². The Balaban J connectivity index is 1.72. The van der Waals surface area contributed by atoms with E-state index in [2.05, 4.69) is 38.1 Å². The predicted octanol–water partition coefficient (Wildman–Crippen LogP) is 4.44. The van der Waals surface area contributed by atoms with Gasteiger partial charge in [-0.15, -0.1) is 0 Å². The maximum atomic E-state index is 14.0. The van der Waals surface area contributed by atoms with Crippen molar-refractivity contribution in [1.82, 2.24) is 15.0 Å². The summed E-state index contributed by atoms with van der Waals surface area (Å²) in [6, 6.07) is 4.54. The van der Waals surface area contributed by atoms with Gasteiger partial charge in [-0.3, -0.25) is 0 Å². The zero-order chi connectivity index (χ0) is 18.4. The van der Waals surface area contributed by atoms with E-state index in [1.165, 1.54) is 17.8 Å². The molecule has 2 aliphatic rings. The molecule has 3 aromatic rings. The number of benzene rings is 1. The van der Waals surface area contributed by atoms with Crippen molar-refractivity contribution in [3.05, 3.63) is 60.5 Å². The van der Waals surface area contributed by atoms with Crippen LogP contribution in [0.3, 0.4) is 0 Å². The lowest BCUT2D eigenvalue weighted by atomic mass is 9.97. The molecule has 1 unspecified atom stereocenters. The molecular weight excluding hydrogens is 343 g/mol. The summed E-state index contributed by atoms with van der Waals surface area (Å²) in [4.78, 5) is 14.5. The third-order valence-corrected chi connectivity index (χ3v) is 5.41. The first-order valence-electron chi connectivity index (χ1n) is 9.06. The van der Waals surface area contributed by atoms with Gasteiger partial charge >= 0.3 is 0 Å². The van der Waals surface area contributed by atoms with Gasteiger partial charge in [0.05, 0.1) is 12.5 Å². The Morgan fingerprint density at radius 2 is 2.19 bits per heavy atom. The van der Waals surface area contributed by atoms with Crippen LogP contribution in [0.2, 0.25) is 0 Å². The number of anilines is 1. The normalized spacial score (nSPS) is 18.7. The fourth-order valence-corrected chi connectivity index (χ4v) is 4.14. The first-order valence-corrected chi connectivity index (χ1v) is 9.06. The van der Waals surface area contributed by atoms with Crippen molar-refractivity contribution >= 4 is 16.9 Å². The molecule has 0 radical (unpaired) electrons. The molecule has 1 saturated heterocycles. The first kappa shape index (κ1) is 16.1. The van der Waals surface area contributed by atoms with E-state index in [1.54, 1.807) is 19.5 Å². The number of halogens is 1. The van der Waals surface area contributed by atoms with Gasteiger partial charge in [-0.1, -0.05) is 12.2 Å². The lowest BCUT2D eigenvalue weighted by Crippen LogP contribution is -2.20. The van der Waals surface area contributed by atoms with Crippen LogP contribution in [-0.4, -0.2) is 28.6 Å². The molecule has 0 amide bonds. The van der Waals surface area contributed by atoms with Crippen molar-refractivity contribution in [3.63, 3.8) is 0 Å². The van der Waals surface area contributed by atoms with Gasteiger partial charge in [0.1, 0.15) is 29.4 Å². The van der Waals surface area contributed by atoms with Crippen LogP contribution in [0.25, 0.3) is 22.2 Å². The standard InChI is InChI=1S/C21H19FN4O/c1-27-18-7-6-14(22)10-15(18)16-11-23-20-19(16)21(25-12-24-20)26-9-8-13-4-2-3-5-17(13)26/h2-3,5-7,10-13H,4,8-9H2,1H3,(H,23,24,25). The smallest absolute Gasteiger partial charge is 0.146 e. The summed E-state index contributed by atoms with van der Waals surface area (Å²) in [7, 11) is 1.59. The van der Waals surface area contributed by atoms with Gasteiger partial charge in [0.15, 0.2) is 0 Å². The number of hydrogen-bond acceptors (Lipinski definition) is 4. The minimum Gasteiger partial charge on any atom is -0.496 e. The highest BCUT2D eigenvalue weighted by Gasteiger charge is 2.31. The van der Waals surface area contributed by atoms with Crippen molar-refractivity contribution in [1.29, 1.82) is 0 Å². The van der Waals surface area contributed by atoms with Gasteiger partial charge < -0.3 is 14.6 Å². The molecule has 1 aromatic carbocycles. The summed E-state index contributed by atoms with van der Waals surface area (Å²) in [5.41, 5.74) is 3.55. The highest BCUT2D eigenvalue weighted by molar-refractivity contribution is 6.02. The van der Waals surface area contributed by atoms with E-state index in [0.29, 0.717) is 17.2 Å². The van der Waals surface area contributed by atoms with E-state index in [9.17, 15) is 4.39 Å². The number of aromatic amines is 1. The molecule has 0 saturated carbocycles. The number of aromatic nitrogens is 3. The molecule has 2 aromatic heterocycles. The zero-order valence-corrected chi connectivity index (χ0v) is 14.9. The quantitative estimate of drug-likeness (QED) is 0.748. The third kappa shape index (κ3) is 2.51. The molecule has 1 aliphatic heterocycles. The maximum absolute atomic E-state index is 14.0.